The van der Waals surface area contributed by atoms with Crippen molar-refractivity contribution in [3.63, 3.8) is 0 Å². The zero-order valence-corrected chi connectivity index (χ0v) is 15.6. The second-order valence-electron chi connectivity index (χ2n) is 7.32. The first-order chi connectivity index (χ1) is 13.5. The van der Waals surface area contributed by atoms with E-state index in [1.165, 1.54) is 12.1 Å². The van der Waals surface area contributed by atoms with Crippen molar-refractivity contribution in [2.24, 2.45) is 5.92 Å². The minimum atomic E-state index is -0.812. The maximum atomic E-state index is 13.2. The van der Waals surface area contributed by atoms with E-state index in [1.807, 2.05) is 48.1 Å². The van der Waals surface area contributed by atoms with Crippen molar-refractivity contribution in [1.29, 1.82) is 0 Å². The van der Waals surface area contributed by atoms with E-state index in [2.05, 4.69) is 10.00 Å². The maximum absolute atomic E-state index is 13.2. The maximum Gasteiger partial charge on any atom is 0.308 e. The number of benzene rings is 2. The number of carboxylic acids is 1. The summed E-state index contributed by atoms with van der Waals surface area (Å²) in [4.78, 5) is 13.9. The Labute approximate surface area is 163 Å². The summed E-state index contributed by atoms with van der Waals surface area (Å²) in [5.74, 6) is -1.78. The molecule has 4 rings (SSSR count). The molecule has 0 saturated carbocycles. The molecule has 2 aromatic carbocycles. The van der Waals surface area contributed by atoms with Gasteiger partial charge in [0.1, 0.15) is 5.82 Å². The van der Waals surface area contributed by atoms with Crippen LogP contribution in [-0.2, 0) is 11.3 Å². The number of rotatable bonds is 5. The number of halogens is 1. The van der Waals surface area contributed by atoms with Crippen molar-refractivity contribution >= 4 is 5.97 Å². The SMILES string of the molecule is Cc1nn(-c2ccccc2)cc1CN1C[C@H](C(=O)O)[C@@H](c2ccc(F)cc2)C1. The quantitative estimate of drug-likeness (QED) is 0.736. The molecule has 6 heteroatoms. The Morgan fingerprint density at radius 2 is 1.86 bits per heavy atom. The first kappa shape index (κ1) is 18.4. The number of likely N-dealkylation sites (tertiary alicyclic amines) is 1. The molecule has 0 aliphatic carbocycles. The van der Waals surface area contributed by atoms with Gasteiger partial charge < -0.3 is 5.11 Å². The minimum Gasteiger partial charge on any atom is -0.481 e. The van der Waals surface area contributed by atoms with Gasteiger partial charge in [0.05, 0.1) is 17.3 Å². The van der Waals surface area contributed by atoms with Crippen LogP contribution >= 0.6 is 0 Å². The predicted molar refractivity (Wildman–Crippen MR) is 104 cm³/mol. The molecular weight excluding hydrogens is 357 g/mol. The number of aryl methyl sites for hydroxylation is 1. The van der Waals surface area contributed by atoms with Gasteiger partial charge in [-0.2, -0.15) is 5.10 Å². The van der Waals surface area contributed by atoms with Crippen molar-refractivity contribution in [3.8, 4) is 5.69 Å². The number of nitrogens with zero attached hydrogens (tertiary/aromatic N) is 3. The molecule has 1 fully saturated rings. The molecule has 0 unspecified atom stereocenters. The summed E-state index contributed by atoms with van der Waals surface area (Å²) in [5, 5.41) is 14.3. The molecule has 2 atom stereocenters. The molecule has 0 spiro atoms. The first-order valence-corrected chi connectivity index (χ1v) is 9.32. The number of para-hydroxylation sites is 1. The summed E-state index contributed by atoms with van der Waals surface area (Å²) in [5.41, 5.74) is 3.87. The van der Waals surface area contributed by atoms with Crippen LogP contribution in [0.1, 0.15) is 22.7 Å². The van der Waals surface area contributed by atoms with E-state index in [9.17, 15) is 14.3 Å². The largest absolute Gasteiger partial charge is 0.481 e. The molecule has 1 aromatic heterocycles. The summed E-state index contributed by atoms with van der Waals surface area (Å²) in [6.45, 7) is 3.70. The number of aromatic nitrogens is 2. The van der Waals surface area contributed by atoms with Crippen molar-refractivity contribution in [1.82, 2.24) is 14.7 Å². The summed E-state index contributed by atoms with van der Waals surface area (Å²) in [7, 11) is 0. The predicted octanol–water partition coefficient (Wildman–Crippen LogP) is 3.62. The molecule has 28 heavy (non-hydrogen) atoms. The average Bonchev–Trinajstić information content (AvgIpc) is 3.28. The fourth-order valence-electron chi connectivity index (χ4n) is 3.92. The van der Waals surface area contributed by atoms with E-state index >= 15 is 0 Å². The fourth-order valence-corrected chi connectivity index (χ4v) is 3.92. The number of hydrogen-bond acceptors (Lipinski definition) is 3. The van der Waals surface area contributed by atoms with Gasteiger partial charge in [0.25, 0.3) is 0 Å². The third kappa shape index (κ3) is 3.68. The van der Waals surface area contributed by atoms with Gasteiger partial charge in [-0.25, -0.2) is 9.07 Å². The van der Waals surface area contributed by atoms with Crippen LogP contribution in [0.4, 0.5) is 4.39 Å². The Balaban J connectivity index is 1.53. The Bertz CT molecular complexity index is 969. The lowest BCUT2D eigenvalue weighted by molar-refractivity contribution is -0.141. The summed E-state index contributed by atoms with van der Waals surface area (Å²) >= 11 is 0. The standard InChI is InChI=1S/C22H22FN3O2/c1-15-17(12-26(24-15)19-5-3-2-4-6-19)11-25-13-20(21(14-25)22(27)28)16-7-9-18(23)10-8-16/h2-10,12,20-21H,11,13-14H2,1H3,(H,27,28)/t20-,21+/m1/s1. The van der Waals surface area contributed by atoms with Crippen molar-refractivity contribution < 1.29 is 14.3 Å². The van der Waals surface area contributed by atoms with Crippen LogP contribution in [0, 0.1) is 18.7 Å². The normalized spacial score (nSPS) is 19.8. The molecule has 5 nitrogen and oxygen atoms in total. The van der Waals surface area contributed by atoms with E-state index in [0.29, 0.717) is 19.6 Å². The van der Waals surface area contributed by atoms with Gasteiger partial charge in [0.15, 0.2) is 0 Å². The molecular formula is C22H22FN3O2. The number of hydrogen-bond donors (Lipinski definition) is 1. The topological polar surface area (TPSA) is 58.4 Å². The highest BCUT2D eigenvalue weighted by Crippen LogP contribution is 2.34. The molecule has 1 saturated heterocycles. The second kappa shape index (κ2) is 7.56. The smallest absolute Gasteiger partial charge is 0.308 e. The van der Waals surface area contributed by atoms with E-state index in [0.717, 1.165) is 22.5 Å². The van der Waals surface area contributed by atoms with Crippen LogP contribution in [0.15, 0.2) is 60.8 Å². The van der Waals surface area contributed by atoms with E-state index in [1.54, 1.807) is 12.1 Å². The molecule has 1 aliphatic rings. The average molecular weight is 379 g/mol. The first-order valence-electron chi connectivity index (χ1n) is 9.32. The highest BCUT2D eigenvalue weighted by atomic mass is 19.1. The highest BCUT2D eigenvalue weighted by molar-refractivity contribution is 5.72. The summed E-state index contributed by atoms with van der Waals surface area (Å²) in [6, 6.07) is 16.1. The van der Waals surface area contributed by atoms with Crippen LogP contribution in [0.25, 0.3) is 5.69 Å². The molecule has 144 valence electrons. The van der Waals surface area contributed by atoms with Crippen LogP contribution in [0.5, 0.6) is 0 Å². The van der Waals surface area contributed by atoms with Crippen molar-refractivity contribution in [2.75, 3.05) is 13.1 Å². The Morgan fingerprint density at radius 3 is 2.54 bits per heavy atom. The monoisotopic (exact) mass is 379 g/mol. The van der Waals surface area contributed by atoms with Gasteiger partial charge >= 0.3 is 5.97 Å². The number of carbonyl (C=O) groups is 1. The molecule has 1 N–H and O–H groups in total. The third-order valence-electron chi connectivity index (χ3n) is 5.43. The lowest BCUT2D eigenvalue weighted by Gasteiger charge is -2.16. The lowest BCUT2D eigenvalue weighted by Crippen LogP contribution is -2.23. The molecule has 3 aromatic rings. The van der Waals surface area contributed by atoms with Crippen LogP contribution in [0.3, 0.4) is 0 Å². The fraction of sp³-hybridized carbons (Fsp3) is 0.273. The molecule has 1 aliphatic heterocycles. The summed E-state index contributed by atoms with van der Waals surface area (Å²) in [6.07, 6.45) is 2.01. The van der Waals surface area contributed by atoms with Gasteiger partial charge in [-0.1, -0.05) is 30.3 Å². The molecule has 0 amide bonds. The van der Waals surface area contributed by atoms with Gasteiger partial charge in [0, 0.05) is 37.3 Å². The number of aliphatic carboxylic acids is 1. The molecule has 0 bridgehead atoms. The molecule has 0 radical (unpaired) electrons. The van der Waals surface area contributed by atoms with Crippen molar-refractivity contribution in [3.05, 3.63) is 83.4 Å². The van der Waals surface area contributed by atoms with Crippen molar-refractivity contribution in [2.45, 2.75) is 19.4 Å². The van der Waals surface area contributed by atoms with Gasteiger partial charge in [-0.3, -0.25) is 9.69 Å². The zero-order valence-electron chi connectivity index (χ0n) is 15.6. The second-order valence-corrected chi connectivity index (χ2v) is 7.32. The minimum absolute atomic E-state index is 0.150. The van der Waals surface area contributed by atoms with E-state index in [-0.39, 0.29) is 11.7 Å². The Morgan fingerprint density at radius 1 is 1.14 bits per heavy atom. The number of carboxylic acid groups (broad SMARTS) is 1. The Hall–Kier alpha value is -2.99. The zero-order chi connectivity index (χ0) is 19.7. The van der Waals surface area contributed by atoms with Crippen LogP contribution in [0.2, 0.25) is 0 Å². The van der Waals surface area contributed by atoms with Crippen LogP contribution < -0.4 is 0 Å². The van der Waals surface area contributed by atoms with E-state index < -0.39 is 11.9 Å². The van der Waals surface area contributed by atoms with Crippen LogP contribution in [-0.4, -0.2) is 38.8 Å². The molecule has 2 heterocycles. The third-order valence-corrected chi connectivity index (χ3v) is 5.43. The van der Waals surface area contributed by atoms with E-state index in [4.69, 9.17) is 0 Å². The summed E-state index contributed by atoms with van der Waals surface area (Å²) < 4.78 is 15.1. The van der Waals surface area contributed by atoms with Gasteiger partial charge in [-0.15, -0.1) is 0 Å². The van der Waals surface area contributed by atoms with Gasteiger partial charge in [0.2, 0.25) is 0 Å². The lowest BCUT2D eigenvalue weighted by atomic mass is 9.89. The van der Waals surface area contributed by atoms with Gasteiger partial charge in [-0.05, 0) is 36.8 Å². The highest BCUT2D eigenvalue weighted by Gasteiger charge is 2.38. The Kier molecular flexibility index (Phi) is 4.96.